The second-order valence-electron chi connectivity index (χ2n) is 3.93. The first-order valence-corrected chi connectivity index (χ1v) is 5.68. The largest absolute Gasteiger partial charge is 0.481 e. The van der Waals surface area contributed by atoms with E-state index in [1.165, 1.54) is 0 Å². The van der Waals surface area contributed by atoms with Crippen LogP contribution < -0.4 is 0 Å². The summed E-state index contributed by atoms with van der Waals surface area (Å²) >= 11 is 0. The van der Waals surface area contributed by atoms with Crippen LogP contribution in [0.3, 0.4) is 0 Å². The molecule has 0 heterocycles. The zero-order valence-electron chi connectivity index (χ0n) is 9.98. The standard InChI is InChI=1S/C11H21NO4/c1-3-5-12(6-4-2)8-9(11(15)16)7-10(13)14/h9H,3-8H2,1-2H3,(H,13,14)(H,15,16). The van der Waals surface area contributed by atoms with Crippen molar-refractivity contribution < 1.29 is 19.8 Å². The molecule has 0 saturated heterocycles. The van der Waals surface area contributed by atoms with E-state index in [0.717, 1.165) is 25.9 Å². The van der Waals surface area contributed by atoms with E-state index in [4.69, 9.17) is 10.2 Å². The Morgan fingerprint density at radius 2 is 1.62 bits per heavy atom. The fourth-order valence-electron chi connectivity index (χ4n) is 1.68. The van der Waals surface area contributed by atoms with Gasteiger partial charge in [-0.1, -0.05) is 13.8 Å². The van der Waals surface area contributed by atoms with E-state index < -0.39 is 17.9 Å². The maximum atomic E-state index is 10.9. The Hall–Kier alpha value is -1.10. The molecular weight excluding hydrogens is 210 g/mol. The molecule has 0 aliphatic rings. The first kappa shape index (κ1) is 14.9. The van der Waals surface area contributed by atoms with Crippen LogP contribution in [-0.4, -0.2) is 46.7 Å². The highest BCUT2D eigenvalue weighted by Gasteiger charge is 2.23. The van der Waals surface area contributed by atoms with Crippen LogP contribution >= 0.6 is 0 Å². The molecule has 0 spiro atoms. The van der Waals surface area contributed by atoms with Gasteiger partial charge in [-0.25, -0.2) is 0 Å². The predicted molar refractivity (Wildman–Crippen MR) is 60.4 cm³/mol. The average molecular weight is 231 g/mol. The molecule has 1 atom stereocenters. The average Bonchev–Trinajstić information content (AvgIpc) is 2.16. The number of carboxylic acid groups (broad SMARTS) is 2. The lowest BCUT2D eigenvalue weighted by molar-refractivity contribution is -0.148. The highest BCUT2D eigenvalue weighted by Crippen LogP contribution is 2.08. The van der Waals surface area contributed by atoms with Crippen LogP contribution in [0.4, 0.5) is 0 Å². The van der Waals surface area contributed by atoms with Crippen molar-refractivity contribution in [1.29, 1.82) is 0 Å². The van der Waals surface area contributed by atoms with Crippen molar-refractivity contribution in [3.05, 3.63) is 0 Å². The van der Waals surface area contributed by atoms with Gasteiger partial charge in [-0.2, -0.15) is 0 Å². The molecule has 0 amide bonds. The molecule has 0 saturated carbocycles. The molecule has 0 aromatic rings. The molecule has 0 aliphatic carbocycles. The Balaban J connectivity index is 4.31. The Kier molecular flexibility index (Phi) is 7.54. The maximum absolute atomic E-state index is 10.9. The lowest BCUT2D eigenvalue weighted by Crippen LogP contribution is -2.35. The quantitative estimate of drug-likeness (QED) is 0.625. The number of nitrogens with zero attached hydrogens (tertiary/aromatic N) is 1. The third-order valence-electron chi connectivity index (χ3n) is 2.33. The van der Waals surface area contributed by atoms with Crippen molar-refractivity contribution in [2.45, 2.75) is 33.1 Å². The predicted octanol–water partition coefficient (Wildman–Crippen LogP) is 1.28. The molecule has 0 aromatic carbocycles. The summed E-state index contributed by atoms with van der Waals surface area (Å²) in [7, 11) is 0. The third kappa shape index (κ3) is 6.40. The number of hydrogen-bond donors (Lipinski definition) is 2. The Morgan fingerprint density at radius 3 is 1.94 bits per heavy atom. The Labute approximate surface area is 96.1 Å². The fraction of sp³-hybridized carbons (Fsp3) is 0.818. The molecule has 0 fully saturated rings. The molecule has 5 nitrogen and oxygen atoms in total. The second-order valence-corrected chi connectivity index (χ2v) is 3.93. The number of aliphatic carboxylic acids is 2. The van der Waals surface area contributed by atoms with Gasteiger partial charge in [0.05, 0.1) is 12.3 Å². The van der Waals surface area contributed by atoms with Crippen molar-refractivity contribution in [3.8, 4) is 0 Å². The molecule has 0 radical (unpaired) electrons. The van der Waals surface area contributed by atoms with Crippen LogP contribution in [0.5, 0.6) is 0 Å². The summed E-state index contributed by atoms with van der Waals surface area (Å²) < 4.78 is 0. The summed E-state index contributed by atoms with van der Waals surface area (Å²) in [5, 5.41) is 17.5. The Morgan fingerprint density at radius 1 is 1.12 bits per heavy atom. The van der Waals surface area contributed by atoms with Crippen LogP contribution in [0.15, 0.2) is 0 Å². The minimum Gasteiger partial charge on any atom is -0.481 e. The van der Waals surface area contributed by atoms with Gasteiger partial charge in [-0.05, 0) is 25.9 Å². The fourth-order valence-corrected chi connectivity index (χ4v) is 1.68. The van der Waals surface area contributed by atoms with E-state index in [0.29, 0.717) is 6.54 Å². The minimum atomic E-state index is -1.06. The van der Waals surface area contributed by atoms with Gasteiger partial charge in [-0.15, -0.1) is 0 Å². The van der Waals surface area contributed by atoms with Gasteiger partial charge in [0, 0.05) is 6.54 Å². The number of carboxylic acids is 2. The van der Waals surface area contributed by atoms with E-state index in [1.54, 1.807) is 0 Å². The van der Waals surface area contributed by atoms with Crippen molar-refractivity contribution in [2.75, 3.05) is 19.6 Å². The second kappa shape index (κ2) is 8.10. The van der Waals surface area contributed by atoms with Crippen molar-refractivity contribution in [3.63, 3.8) is 0 Å². The topological polar surface area (TPSA) is 77.8 Å². The zero-order chi connectivity index (χ0) is 12.6. The van der Waals surface area contributed by atoms with E-state index >= 15 is 0 Å². The van der Waals surface area contributed by atoms with Gasteiger partial charge in [0.15, 0.2) is 0 Å². The van der Waals surface area contributed by atoms with Gasteiger partial charge in [0.1, 0.15) is 0 Å². The molecule has 2 N–H and O–H groups in total. The molecule has 0 aromatic heterocycles. The smallest absolute Gasteiger partial charge is 0.308 e. The van der Waals surface area contributed by atoms with Crippen LogP contribution in [0.25, 0.3) is 0 Å². The van der Waals surface area contributed by atoms with Gasteiger partial charge in [0.25, 0.3) is 0 Å². The first-order valence-electron chi connectivity index (χ1n) is 5.68. The first-order chi connectivity index (χ1) is 7.51. The van der Waals surface area contributed by atoms with E-state index in [-0.39, 0.29) is 6.42 Å². The van der Waals surface area contributed by atoms with Gasteiger partial charge in [-0.3, -0.25) is 9.59 Å². The van der Waals surface area contributed by atoms with Gasteiger partial charge >= 0.3 is 11.9 Å². The van der Waals surface area contributed by atoms with Crippen LogP contribution in [0.1, 0.15) is 33.1 Å². The highest BCUT2D eigenvalue weighted by molar-refractivity contribution is 5.77. The number of hydrogen-bond acceptors (Lipinski definition) is 3. The Bertz CT molecular complexity index is 224. The summed E-state index contributed by atoms with van der Waals surface area (Å²) in [5.41, 5.74) is 0. The molecule has 1 unspecified atom stereocenters. The summed E-state index contributed by atoms with van der Waals surface area (Å²) in [5.74, 6) is -2.89. The summed E-state index contributed by atoms with van der Waals surface area (Å²) in [6.07, 6.45) is 1.58. The van der Waals surface area contributed by atoms with Crippen molar-refractivity contribution in [2.24, 2.45) is 5.92 Å². The van der Waals surface area contributed by atoms with Crippen molar-refractivity contribution in [1.82, 2.24) is 4.90 Å². The number of carbonyl (C=O) groups is 2. The van der Waals surface area contributed by atoms with Gasteiger partial charge in [0.2, 0.25) is 0 Å². The molecule has 0 bridgehead atoms. The number of rotatable bonds is 9. The lowest BCUT2D eigenvalue weighted by atomic mass is 10.1. The maximum Gasteiger partial charge on any atom is 0.308 e. The van der Waals surface area contributed by atoms with Crippen LogP contribution in [0.2, 0.25) is 0 Å². The summed E-state index contributed by atoms with van der Waals surface area (Å²) in [6, 6.07) is 0. The highest BCUT2D eigenvalue weighted by atomic mass is 16.4. The molecule has 0 rings (SSSR count). The normalized spacial score (nSPS) is 12.7. The summed E-state index contributed by atoms with van der Waals surface area (Å²) in [4.78, 5) is 23.4. The molecule has 5 heteroatoms. The lowest BCUT2D eigenvalue weighted by Gasteiger charge is -2.23. The molecule has 0 aliphatic heterocycles. The molecule has 94 valence electrons. The SMILES string of the molecule is CCCN(CCC)CC(CC(=O)O)C(=O)O. The minimum absolute atomic E-state index is 0.306. The summed E-state index contributed by atoms with van der Waals surface area (Å²) in [6.45, 7) is 6.00. The van der Waals surface area contributed by atoms with E-state index in [1.807, 2.05) is 18.7 Å². The molecular formula is C11H21NO4. The van der Waals surface area contributed by atoms with Crippen molar-refractivity contribution >= 4 is 11.9 Å². The van der Waals surface area contributed by atoms with Gasteiger partial charge < -0.3 is 15.1 Å². The van der Waals surface area contributed by atoms with E-state index in [9.17, 15) is 9.59 Å². The third-order valence-corrected chi connectivity index (χ3v) is 2.33. The van der Waals surface area contributed by atoms with Crippen LogP contribution in [0, 0.1) is 5.92 Å². The zero-order valence-corrected chi connectivity index (χ0v) is 9.98. The molecule has 16 heavy (non-hydrogen) atoms. The van der Waals surface area contributed by atoms with E-state index in [2.05, 4.69) is 0 Å². The van der Waals surface area contributed by atoms with Crippen LogP contribution in [-0.2, 0) is 9.59 Å². The monoisotopic (exact) mass is 231 g/mol.